The highest BCUT2D eigenvalue weighted by Gasteiger charge is 2.26. The summed E-state index contributed by atoms with van der Waals surface area (Å²) in [7, 11) is 2.23. The Hall–Kier alpha value is -1.03. The molecule has 1 aliphatic heterocycles. The Kier molecular flexibility index (Phi) is 4.29. The summed E-state index contributed by atoms with van der Waals surface area (Å²) in [6.45, 7) is 0.672. The smallest absolute Gasteiger partial charge is 0.0476 e. The number of nitrogens with zero attached hydrogens (tertiary/aromatic N) is 1. The molecular formula is C17H22N2S. The number of benzene rings is 2. The predicted octanol–water partition coefficient (Wildman–Crippen LogP) is 3.28. The van der Waals surface area contributed by atoms with Crippen molar-refractivity contribution in [3.8, 4) is 0 Å². The maximum absolute atomic E-state index is 6.12. The fourth-order valence-electron chi connectivity index (χ4n) is 3.15. The van der Waals surface area contributed by atoms with Gasteiger partial charge < -0.3 is 5.73 Å². The third-order valence-corrected chi connectivity index (χ3v) is 5.52. The summed E-state index contributed by atoms with van der Waals surface area (Å²) in [5, 5.41) is 2.64. The summed E-state index contributed by atoms with van der Waals surface area (Å²) in [5.74, 6) is 2.51. The largest absolute Gasteiger partial charge is 0.329 e. The minimum absolute atomic E-state index is 0.310. The van der Waals surface area contributed by atoms with E-state index in [1.54, 1.807) is 0 Å². The molecule has 2 atom stereocenters. The van der Waals surface area contributed by atoms with Crippen LogP contribution in [0.3, 0.4) is 0 Å². The normalized spacial score (nSPS) is 20.6. The van der Waals surface area contributed by atoms with Crippen molar-refractivity contribution in [1.29, 1.82) is 0 Å². The van der Waals surface area contributed by atoms with Crippen LogP contribution in [0.25, 0.3) is 10.8 Å². The van der Waals surface area contributed by atoms with Crippen molar-refractivity contribution in [2.45, 2.75) is 18.5 Å². The molecule has 2 unspecified atom stereocenters. The number of hydrogen-bond donors (Lipinski definition) is 1. The lowest BCUT2D eigenvalue weighted by atomic mass is 9.97. The average Bonchev–Trinajstić information content (AvgIpc) is 3.02. The van der Waals surface area contributed by atoms with E-state index < -0.39 is 0 Å². The maximum atomic E-state index is 6.12. The summed E-state index contributed by atoms with van der Waals surface area (Å²) < 4.78 is 0. The van der Waals surface area contributed by atoms with E-state index >= 15 is 0 Å². The molecule has 2 aromatic rings. The molecule has 0 bridgehead atoms. The van der Waals surface area contributed by atoms with Gasteiger partial charge in [0.25, 0.3) is 0 Å². The molecule has 2 aromatic carbocycles. The summed E-state index contributed by atoms with van der Waals surface area (Å²) in [4.78, 5) is 2.49. The van der Waals surface area contributed by atoms with Crippen LogP contribution in [0, 0.1) is 0 Å². The Balaban J connectivity index is 1.98. The molecule has 1 saturated heterocycles. The van der Waals surface area contributed by atoms with Gasteiger partial charge in [-0.2, -0.15) is 11.8 Å². The molecule has 0 aromatic heterocycles. The van der Waals surface area contributed by atoms with Crippen molar-refractivity contribution in [3.63, 3.8) is 0 Å². The van der Waals surface area contributed by atoms with Crippen LogP contribution < -0.4 is 5.73 Å². The first-order valence-corrected chi connectivity index (χ1v) is 8.44. The van der Waals surface area contributed by atoms with Gasteiger partial charge in [-0.15, -0.1) is 0 Å². The van der Waals surface area contributed by atoms with Crippen molar-refractivity contribution in [3.05, 3.63) is 48.0 Å². The molecule has 20 heavy (non-hydrogen) atoms. The molecule has 3 heteroatoms. The van der Waals surface area contributed by atoms with Gasteiger partial charge in [0, 0.05) is 24.4 Å². The summed E-state index contributed by atoms with van der Waals surface area (Å²) in [6.07, 6.45) is 1.28. The SMILES string of the molecule is CN(C1CCSC1)C(CN)c1cccc2ccccc12. The molecule has 106 valence electrons. The first kappa shape index (κ1) is 13.9. The Morgan fingerprint density at radius 1 is 1.25 bits per heavy atom. The average molecular weight is 286 g/mol. The van der Waals surface area contributed by atoms with E-state index in [1.807, 2.05) is 0 Å². The molecule has 1 heterocycles. The number of fused-ring (bicyclic) bond motifs is 1. The quantitative estimate of drug-likeness (QED) is 0.935. The van der Waals surface area contributed by atoms with Gasteiger partial charge in [-0.3, -0.25) is 4.90 Å². The predicted molar refractivity (Wildman–Crippen MR) is 89.2 cm³/mol. The lowest BCUT2D eigenvalue weighted by Crippen LogP contribution is -2.38. The second-order valence-electron chi connectivity index (χ2n) is 5.50. The molecule has 0 aliphatic carbocycles. The van der Waals surface area contributed by atoms with Crippen LogP contribution in [-0.4, -0.2) is 36.0 Å². The highest BCUT2D eigenvalue weighted by Crippen LogP contribution is 2.31. The maximum Gasteiger partial charge on any atom is 0.0476 e. The second-order valence-corrected chi connectivity index (χ2v) is 6.65. The van der Waals surface area contributed by atoms with Gasteiger partial charge in [0.05, 0.1) is 0 Å². The van der Waals surface area contributed by atoms with Crippen molar-refractivity contribution in [2.75, 3.05) is 25.1 Å². The van der Waals surface area contributed by atoms with E-state index in [0.29, 0.717) is 18.6 Å². The van der Waals surface area contributed by atoms with Crippen LogP contribution in [-0.2, 0) is 0 Å². The van der Waals surface area contributed by atoms with E-state index in [2.05, 4.69) is 66.2 Å². The fourth-order valence-corrected chi connectivity index (χ4v) is 4.43. The minimum atomic E-state index is 0.310. The van der Waals surface area contributed by atoms with E-state index in [1.165, 1.54) is 34.3 Å². The fraction of sp³-hybridized carbons (Fsp3) is 0.412. The molecule has 0 saturated carbocycles. The van der Waals surface area contributed by atoms with Crippen LogP contribution in [0.15, 0.2) is 42.5 Å². The zero-order chi connectivity index (χ0) is 13.9. The van der Waals surface area contributed by atoms with E-state index in [-0.39, 0.29) is 0 Å². The highest BCUT2D eigenvalue weighted by molar-refractivity contribution is 7.99. The number of hydrogen-bond acceptors (Lipinski definition) is 3. The lowest BCUT2D eigenvalue weighted by Gasteiger charge is -2.33. The number of nitrogens with two attached hydrogens (primary N) is 1. The Bertz CT molecular complexity index is 573. The van der Waals surface area contributed by atoms with Crippen LogP contribution in [0.5, 0.6) is 0 Å². The number of rotatable bonds is 4. The van der Waals surface area contributed by atoms with E-state index in [9.17, 15) is 0 Å². The molecule has 0 radical (unpaired) electrons. The zero-order valence-corrected chi connectivity index (χ0v) is 12.8. The van der Waals surface area contributed by atoms with Crippen LogP contribution >= 0.6 is 11.8 Å². The van der Waals surface area contributed by atoms with Gasteiger partial charge in [0.1, 0.15) is 0 Å². The highest BCUT2D eigenvalue weighted by atomic mass is 32.2. The first-order valence-electron chi connectivity index (χ1n) is 7.28. The standard InChI is InChI=1S/C17H22N2S/c1-19(14-9-10-20-12-14)17(11-18)16-8-4-6-13-5-2-3-7-15(13)16/h2-8,14,17H,9-12,18H2,1H3. The van der Waals surface area contributed by atoms with Gasteiger partial charge >= 0.3 is 0 Å². The Morgan fingerprint density at radius 3 is 2.80 bits per heavy atom. The summed E-state index contributed by atoms with van der Waals surface area (Å²) >= 11 is 2.05. The van der Waals surface area contributed by atoms with Gasteiger partial charge in [-0.1, -0.05) is 42.5 Å². The van der Waals surface area contributed by atoms with Gasteiger partial charge in [-0.05, 0) is 35.6 Å². The van der Waals surface area contributed by atoms with Crippen LogP contribution in [0.1, 0.15) is 18.0 Å². The van der Waals surface area contributed by atoms with Gasteiger partial charge in [-0.25, -0.2) is 0 Å². The number of likely N-dealkylation sites (N-methyl/N-ethyl adjacent to an activating group) is 1. The molecule has 0 spiro atoms. The monoisotopic (exact) mass is 286 g/mol. The van der Waals surface area contributed by atoms with Crippen molar-refractivity contribution in [2.24, 2.45) is 5.73 Å². The molecule has 1 aliphatic rings. The second kappa shape index (κ2) is 6.17. The van der Waals surface area contributed by atoms with E-state index in [0.717, 1.165) is 0 Å². The van der Waals surface area contributed by atoms with Crippen molar-refractivity contribution in [1.82, 2.24) is 4.90 Å². The third-order valence-electron chi connectivity index (χ3n) is 4.38. The topological polar surface area (TPSA) is 29.3 Å². The third kappa shape index (κ3) is 2.58. The van der Waals surface area contributed by atoms with E-state index in [4.69, 9.17) is 5.73 Å². The molecule has 2 N–H and O–H groups in total. The molecule has 1 fully saturated rings. The van der Waals surface area contributed by atoms with Gasteiger partial charge in [0.15, 0.2) is 0 Å². The molecular weight excluding hydrogens is 264 g/mol. The Labute approximate surface area is 125 Å². The first-order chi connectivity index (χ1) is 9.81. The molecule has 2 nitrogen and oxygen atoms in total. The zero-order valence-electron chi connectivity index (χ0n) is 12.0. The summed E-state index contributed by atoms with van der Waals surface area (Å²) in [5.41, 5.74) is 7.48. The van der Waals surface area contributed by atoms with Crippen molar-refractivity contribution < 1.29 is 0 Å². The van der Waals surface area contributed by atoms with Gasteiger partial charge in [0.2, 0.25) is 0 Å². The summed E-state index contributed by atoms with van der Waals surface area (Å²) in [6, 6.07) is 16.1. The molecule has 0 amide bonds. The number of thioether (sulfide) groups is 1. The van der Waals surface area contributed by atoms with Crippen LogP contribution in [0.2, 0.25) is 0 Å². The Morgan fingerprint density at radius 2 is 2.05 bits per heavy atom. The molecule has 3 rings (SSSR count). The van der Waals surface area contributed by atoms with Crippen molar-refractivity contribution >= 4 is 22.5 Å². The minimum Gasteiger partial charge on any atom is -0.329 e. The van der Waals surface area contributed by atoms with Crippen LogP contribution in [0.4, 0.5) is 0 Å². The lowest BCUT2D eigenvalue weighted by molar-refractivity contribution is 0.194.